The standard InChI is InChI=1S/C34H43NO6Si/c1-33(2,3)40-30(36)27-19-17-24(18-20-27)23-28(35-32(38)41-34(4,5)6)31(37)39-21-22-42-29(25-13-9-7-10-14-25)26-15-11-8-12-16-26/h7-20,28-29H,21-23,42H2,1-6H3,(H,35,38)/t28-/m0/s1. The molecule has 0 saturated heterocycles. The Kier molecular flexibility index (Phi) is 11.5. The molecule has 0 bridgehead atoms. The Morgan fingerprint density at radius 2 is 1.26 bits per heavy atom. The molecule has 0 fully saturated rings. The maximum atomic E-state index is 13.2. The molecule has 1 N–H and O–H groups in total. The average Bonchev–Trinajstić information content (AvgIpc) is 2.92. The highest BCUT2D eigenvalue weighted by molar-refractivity contribution is 6.39. The molecular formula is C34H43NO6Si. The van der Waals surface area contributed by atoms with Gasteiger partial charge in [-0.3, -0.25) is 0 Å². The van der Waals surface area contributed by atoms with Gasteiger partial charge in [0.2, 0.25) is 0 Å². The van der Waals surface area contributed by atoms with E-state index in [9.17, 15) is 14.4 Å². The summed E-state index contributed by atoms with van der Waals surface area (Å²) in [5.41, 5.74) is 2.68. The van der Waals surface area contributed by atoms with E-state index in [1.807, 2.05) is 57.2 Å². The van der Waals surface area contributed by atoms with Gasteiger partial charge in [-0.25, -0.2) is 14.4 Å². The summed E-state index contributed by atoms with van der Waals surface area (Å²) < 4.78 is 16.5. The number of ether oxygens (including phenoxy) is 3. The van der Waals surface area contributed by atoms with Crippen molar-refractivity contribution in [1.82, 2.24) is 5.32 Å². The molecule has 0 aliphatic heterocycles. The van der Waals surface area contributed by atoms with Gasteiger partial charge in [0.1, 0.15) is 17.2 Å². The minimum atomic E-state index is -0.951. The highest BCUT2D eigenvalue weighted by atomic mass is 28.2. The molecule has 3 rings (SSSR count). The summed E-state index contributed by atoms with van der Waals surface area (Å²) in [6.45, 7) is 11.0. The van der Waals surface area contributed by atoms with Crippen molar-refractivity contribution < 1.29 is 28.6 Å². The third-order valence-corrected chi connectivity index (χ3v) is 8.51. The fourth-order valence-electron chi connectivity index (χ4n) is 4.45. The van der Waals surface area contributed by atoms with E-state index in [0.717, 1.165) is 11.6 Å². The van der Waals surface area contributed by atoms with E-state index in [1.165, 1.54) is 11.1 Å². The molecule has 0 saturated carbocycles. The van der Waals surface area contributed by atoms with Gasteiger partial charge in [0.05, 0.1) is 12.2 Å². The number of esters is 2. The minimum Gasteiger partial charge on any atom is -0.464 e. The molecule has 0 aliphatic rings. The second-order valence-electron chi connectivity index (χ2n) is 12.3. The zero-order valence-electron chi connectivity index (χ0n) is 25.5. The molecule has 8 heteroatoms. The molecule has 224 valence electrons. The number of hydrogen-bond donors (Lipinski definition) is 1. The Morgan fingerprint density at radius 3 is 1.76 bits per heavy atom. The predicted molar refractivity (Wildman–Crippen MR) is 168 cm³/mol. The molecule has 1 atom stereocenters. The van der Waals surface area contributed by atoms with E-state index in [4.69, 9.17) is 14.2 Å². The summed E-state index contributed by atoms with van der Waals surface area (Å²) in [6, 6.07) is 27.4. The summed E-state index contributed by atoms with van der Waals surface area (Å²) in [5.74, 6) is -0.951. The molecule has 0 radical (unpaired) electrons. The maximum Gasteiger partial charge on any atom is 0.408 e. The number of alkyl carbamates (subject to hydrolysis) is 1. The van der Waals surface area contributed by atoms with Crippen LogP contribution in [0, 0.1) is 0 Å². The monoisotopic (exact) mass is 589 g/mol. The molecule has 3 aromatic carbocycles. The van der Waals surface area contributed by atoms with E-state index in [2.05, 4.69) is 29.6 Å². The van der Waals surface area contributed by atoms with Gasteiger partial charge in [-0.1, -0.05) is 72.8 Å². The number of carbonyl (C=O) groups is 3. The van der Waals surface area contributed by atoms with Crippen LogP contribution in [-0.4, -0.2) is 51.4 Å². The minimum absolute atomic E-state index is 0.181. The van der Waals surface area contributed by atoms with Crippen molar-refractivity contribution in [3.63, 3.8) is 0 Å². The van der Waals surface area contributed by atoms with Gasteiger partial charge in [0.25, 0.3) is 0 Å². The van der Waals surface area contributed by atoms with Crippen molar-refractivity contribution in [2.45, 2.75) is 76.8 Å². The van der Waals surface area contributed by atoms with Crippen LogP contribution in [-0.2, 0) is 25.4 Å². The SMILES string of the molecule is CC(C)(C)OC(=O)N[C@@H](Cc1ccc(C(=O)OC(C)(C)C)cc1)C(=O)OCC[SiH2]C(c1ccccc1)c1ccccc1. The fraction of sp³-hybridized carbons (Fsp3) is 0.382. The Hall–Kier alpha value is -3.91. The molecule has 0 heterocycles. The van der Waals surface area contributed by atoms with Crippen molar-refractivity contribution in [2.24, 2.45) is 0 Å². The largest absolute Gasteiger partial charge is 0.464 e. The van der Waals surface area contributed by atoms with Gasteiger partial charge < -0.3 is 19.5 Å². The first-order valence-electron chi connectivity index (χ1n) is 14.4. The summed E-state index contributed by atoms with van der Waals surface area (Å²) in [6.07, 6.45) is -0.516. The number of rotatable bonds is 11. The smallest absolute Gasteiger partial charge is 0.408 e. The van der Waals surface area contributed by atoms with Crippen LogP contribution in [0.15, 0.2) is 84.9 Å². The Labute approximate surface area is 251 Å². The molecule has 0 unspecified atom stereocenters. The zero-order valence-corrected chi connectivity index (χ0v) is 26.9. The number of nitrogens with one attached hydrogen (secondary N) is 1. The van der Waals surface area contributed by atoms with Gasteiger partial charge in [0, 0.05) is 15.9 Å². The molecule has 0 aliphatic carbocycles. The van der Waals surface area contributed by atoms with E-state index < -0.39 is 44.8 Å². The maximum absolute atomic E-state index is 13.2. The average molecular weight is 590 g/mol. The topological polar surface area (TPSA) is 90.9 Å². The van der Waals surface area contributed by atoms with Crippen LogP contribution in [0.3, 0.4) is 0 Å². The Bertz CT molecular complexity index is 1260. The van der Waals surface area contributed by atoms with Crippen molar-refractivity contribution in [1.29, 1.82) is 0 Å². The lowest BCUT2D eigenvalue weighted by Gasteiger charge is -2.23. The van der Waals surface area contributed by atoms with Crippen molar-refractivity contribution in [3.8, 4) is 0 Å². The third-order valence-electron chi connectivity index (χ3n) is 6.29. The van der Waals surface area contributed by atoms with Crippen LogP contribution in [0.4, 0.5) is 4.79 Å². The molecule has 1 amide bonds. The molecule has 0 spiro atoms. The number of carbonyl (C=O) groups excluding carboxylic acids is 3. The number of hydrogen-bond acceptors (Lipinski definition) is 6. The van der Waals surface area contributed by atoms with Crippen molar-refractivity contribution in [3.05, 3.63) is 107 Å². The first kappa shape index (κ1) is 32.6. The first-order chi connectivity index (χ1) is 19.8. The van der Waals surface area contributed by atoms with Gasteiger partial charge in [0.15, 0.2) is 0 Å². The second kappa shape index (κ2) is 14.8. The van der Waals surface area contributed by atoms with Crippen LogP contribution in [0.2, 0.25) is 6.04 Å². The lowest BCUT2D eigenvalue weighted by molar-refractivity contribution is -0.145. The Balaban J connectivity index is 1.65. The summed E-state index contributed by atoms with van der Waals surface area (Å²) in [4.78, 5) is 38.2. The van der Waals surface area contributed by atoms with Gasteiger partial charge in [-0.15, -0.1) is 0 Å². The van der Waals surface area contributed by atoms with Crippen molar-refractivity contribution in [2.75, 3.05) is 6.61 Å². The zero-order chi connectivity index (χ0) is 30.8. The highest BCUT2D eigenvalue weighted by Crippen LogP contribution is 2.24. The normalized spacial score (nSPS) is 12.6. The molecule has 3 aromatic rings. The van der Waals surface area contributed by atoms with Crippen molar-refractivity contribution >= 4 is 27.6 Å². The van der Waals surface area contributed by atoms with E-state index in [1.54, 1.807) is 45.0 Å². The van der Waals surface area contributed by atoms with Crippen LogP contribution in [0.25, 0.3) is 0 Å². The van der Waals surface area contributed by atoms with Crippen LogP contribution in [0.5, 0.6) is 0 Å². The lowest BCUT2D eigenvalue weighted by Crippen LogP contribution is -2.45. The van der Waals surface area contributed by atoms with E-state index in [-0.39, 0.29) is 13.0 Å². The quantitative estimate of drug-likeness (QED) is 0.128. The van der Waals surface area contributed by atoms with E-state index >= 15 is 0 Å². The summed E-state index contributed by atoms with van der Waals surface area (Å²) >= 11 is 0. The molecule has 42 heavy (non-hydrogen) atoms. The van der Waals surface area contributed by atoms with Gasteiger partial charge in [-0.2, -0.15) is 0 Å². The number of benzene rings is 3. The molecule has 0 aromatic heterocycles. The predicted octanol–water partition coefficient (Wildman–Crippen LogP) is 6.00. The summed E-state index contributed by atoms with van der Waals surface area (Å²) in [5, 5.41) is 2.68. The molecular weight excluding hydrogens is 546 g/mol. The molecule has 7 nitrogen and oxygen atoms in total. The van der Waals surface area contributed by atoms with Crippen LogP contribution >= 0.6 is 0 Å². The highest BCUT2D eigenvalue weighted by Gasteiger charge is 2.26. The van der Waals surface area contributed by atoms with E-state index in [0.29, 0.717) is 11.1 Å². The summed E-state index contributed by atoms with van der Waals surface area (Å²) in [7, 11) is -0.699. The van der Waals surface area contributed by atoms with Crippen LogP contribution < -0.4 is 5.32 Å². The third kappa shape index (κ3) is 11.2. The second-order valence-corrected chi connectivity index (χ2v) is 14.4. The lowest BCUT2D eigenvalue weighted by atomic mass is 10.0. The van der Waals surface area contributed by atoms with Gasteiger partial charge in [-0.05, 0) is 82.0 Å². The van der Waals surface area contributed by atoms with Crippen LogP contribution in [0.1, 0.15) is 74.1 Å². The van der Waals surface area contributed by atoms with Gasteiger partial charge >= 0.3 is 18.0 Å². The Morgan fingerprint density at radius 1 is 0.738 bits per heavy atom. The number of amides is 1. The first-order valence-corrected chi connectivity index (χ1v) is 16.2. The fourth-order valence-corrected chi connectivity index (χ4v) is 6.38.